The molecule has 8 nitrogen and oxygen atoms in total. The van der Waals surface area contributed by atoms with Gasteiger partial charge in [0.25, 0.3) is 5.91 Å². The first kappa shape index (κ1) is 35.5. The Morgan fingerprint density at radius 3 is 2.28 bits per heavy atom. The van der Waals surface area contributed by atoms with E-state index in [0.29, 0.717) is 53.4 Å². The zero-order valence-electron chi connectivity index (χ0n) is 28.4. The number of nitrogens with one attached hydrogen (secondary N) is 1. The predicted octanol–water partition coefficient (Wildman–Crippen LogP) is 9.10. The molecule has 1 aromatic heterocycles. The fourth-order valence-electron chi connectivity index (χ4n) is 7.14. The smallest absolute Gasteiger partial charge is 0.497 e. The summed E-state index contributed by atoms with van der Waals surface area (Å²) in [5.74, 6) is -1.34. The van der Waals surface area contributed by atoms with Gasteiger partial charge in [-0.05, 0) is 89.3 Å². The Kier molecular flexibility index (Phi) is 9.30. The minimum atomic E-state index is -4.99. The second-order valence-electron chi connectivity index (χ2n) is 14.1. The van der Waals surface area contributed by atoms with E-state index in [-0.39, 0.29) is 23.8 Å². The number of benzene rings is 3. The number of halogens is 4. The summed E-state index contributed by atoms with van der Waals surface area (Å²) in [6.07, 6.45) is -4.41. The number of esters is 1. The zero-order valence-corrected chi connectivity index (χ0v) is 30.0. The topological polar surface area (TPSA) is 96.0 Å². The van der Waals surface area contributed by atoms with Gasteiger partial charge in [-0.1, -0.05) is 46.3 Å². The number of amides is 1. The molecule has 0 spiro atoms. The number of alkyl halides is 3. The summed E-state index contributed by atoms with van der Waals surface area (Å²) in [5, 5.41) is 3.92. The summed E-state index contributed by atoms with van der Waals surface area (Å²) in [4.78, 5) is 33.3. The van der Waals surface area contributed by atoms with Crippen LogP contribution in [-0.2, 0) is 9.53 Å². The molecule has 1 atom stereocenters. The van der Waals surface area contributed by atoms with Crippen LogP contribution in [0.3, 0.4) is 0 Å². The van der Waals surface area contributed by atoms with Gasteiger partial charge in [-0.15, -0.1) is 13.2 Å². The first-order valence-corrected chi connectivity index (χ1v) is 17.1. The highest BCUT2D eigenvalue weighted by atomic mass is 79.9. The SMILES string of the molecule is COc1ccc(OC(F)(F)F)c(OC2CC3(C(=O)OC(C)(C)C)CCC2(NC(=O)c2c(C)c(-c4ccccc4)nc4ccc(Br)cc24)CC3)c1. The molecule has 3 aliphatic carbocycles. The summed E-state index contributed by atoms with van der Waals surface area (Å²) in [6.45, 7) is 7.20. The molecule has 3 aromatic carbocycles. The van der Waals surface area contributed by atoms with Gasteiger partial charge in [0.05, 0.1) is 34.8 Å². The molecule has 0 aliphatic heterocycles. The molecule has 3 fully saturated rings. The number of hydrogen-bond donors (Lipinski definition) is 1. The molecule has 4 aromatic rings. The highest BCUT2D eigenvalue weighted by molar-refractivity contribution is 9.10. The quantitative estimate of drug-likeness (QED) is 0.179. The minimum Gasteiger partial charge on any atom is -0.497 e. The van der Waals surface area contributed by atoms with E-state index in [1.54, 1.807) is 20.8 Å². The van der Waals surface area contributed by atoms with Crippen LogP contribution in [0.2, 0.25) is 0 Å². The van der Waals surface area contributed by atoms with Crippen LogP contribution < -0.4 is 19.5 Å². The van der Waals surface area contributed by atoms with Gasteiger partial charge in [-0.2, -0.15) is 0 Å². The molecule has 7 rings (SSSR count). The van der Waals surface area contributed by atoms with Crippen LogP contribution in [-0.4, -0.2) is 47.6 Å². The fourth-order valence-corrected chi connectivity index (χ4v) is 7.50. The van der Waals surface area contributed by atoms with Crippen molar-refractivity contribution in [1.82, 2.24) is 10.3 Å². The number of methoxy groups -OCH3 is 1. The van der Waals surface area contributed by atoms with E-state index in [2.05, 4.69) is 26.0 Å². The molecule has 12 heteroatoms. The first-order valence-electron chi connectivity index (χ1n) is 16.3. The lowest BCUT2D eigenvalue weighted by Crippen LogP contribution is -2.67. The molecular weight excluding hydrogens is 717 g/mol. The Bertz CT molecular complexity index is 1940. The van der Waals surface area contributed by atoms with Gasteiger partial charge < -0.3 is 24.3 Å². The van der Waals surface area contributed by atoms with Gasteiger partial charge in [-0.3, -0.25) is 9.59 Å². The summed E-state index contributed by atoms with van der Waals surface area (Å²) >= 11 is 3.53. The average Bonchev–Trinajstić information content (AvgIpc) is 3.05. The van der Waals surface area contributed by atoms with Gasteiger partial charge in [0.1, 0.15) is 17.5 Å². The summed E-state index contributed by atoms with van der Waals surface area (Å²) in [6, 6.07) is 18.9. The lowest BCUT2D eigenvalue weighted by atomic mass is 9.55. The second-order valence-corrected chi connectivity index (χ2v) is 15.0. The maximum atomic E-state index is 14.7. The highest BCUT2D eigenvalue weighted by Crippen LogP contribution is 2.55. The van der Waals surface area contributed by atoms with E-state index in [9.17, 15) is 22.8 Å². The van der Waals surface area contributed by atoms with Crippen molar-refractivity contribution < 1.29 is 41.7 Å². The second kappa shape index (κ2) is 13.1. The van der Waals surface area contributed by atoms with E-state index in [1.165, 1.54) is 19.2 Å². The third kappa shape index (κ3) is 7.12. The number of hydrogen-bond acceptors (Lipinski definition) is 7. The predicted molar refractivity (Wildman–Crippen MR) is 185 cm³/mol. The molecule has 1 heterocycles. The van der Waals surface area contributed by atoms with E-state index >= 15 is 0 Å². The molecule has 1 N–H and O–H groups in total. The van der Waals surface area contributed by atoms with Crippen LogP contribution in [0.25, 0.3) is 22.2 Å². The van der Waals surface area contributed by atoms with Crippen molar-refractivity contribution in [2.75, 3.05) is 7.11 Å². The number of rotatable bonds is 8. The lowest BCUT2D eigenvalue weighted by Gasteiger charge is -2.56. The normalized spacial score (nSPS) is 21.8. The number of carbonyl (C=O) groups excluding carboxylic acids is 2. The minimum absolute atomic E-state index is 0.0990. The van der Waals surface area contributed by atoms with Crippen LogP contribution in [0, 0.1) is 12.3 Å². The van der Waals surface area contributed by atoms with Gasteiger partial charge in [0.2, 0.25) is 0 Å². The van der Waals surface area contributed by atoms with Gasteiger partial charge in [0, 0.05) is 27.9 Å². The standard InChI is InChI=1S/C38H38BrF3N2O6/c1-22-31(26-19-24(39)11-13-27(26)43-32(22)23-9-7-6-8-10-23)33(45)44-37-17-15-36(16-18-37,34(46)50-35(2,3)4)21-30(37)48-29-20-25(47-5)12-14-28(29)49-38(40,41)42/h6-14,19-20,30H,15-18,21H2,1-5H3,(H,44,45). The third-order valence-electron chi connectivity index (χ3n) is 9.60. The Morgan fingerprint density at radius 2 is 1.64 bits per heavy atom. The molecule has 1 unspecified atom stereocenters. The average molecular weight is 756 g/mol. The van der Waals surface area contributed by atoms with Crippen LogP contribution in [0.4, 0.5) is 13.2 Å². The molecule has 3 saturated carbocycles. The molecule has 0 saturated heterocycles. The van der Waals surface area contributed by atoms with Crippen LogP contribution in [0.15, 0.2) is 71.2 Å². The van der Waals surface area contributed by atoms with Gasteiger partial charge in [-0.25, -0.2) is 4.98 Å². The van der Waals surface area contributed by atoms with E-state index in [4.69, 9.17) is 19.2 Å². The molecule has 1 amide bonds. The van der Waals surface area contributed by atoms with Crippen LogP contribution >= 0.6 is 15.9 Å². The monoisotopic (exact) mass is 754 g/mol. The van der Waals surface area contributed by atoms with Crippen molar-refractivity contribution in [3.8, 4) is 28.5 Å². The van der Waals surface area contributed by atoms with Crippen molar-refractivity contribution in [2.45, 2.75) is 83.4 Å². The van der Waals surface area contributed by atoms with E-state index < -0.39 is 40.7 Å². The Labute approximate surface area is 296 Å². The van der Waals surface area contributed by atoms with Crippen molar-refractivity contribution in [3.63, 3.8) is 0 Å². The zero-order chi connectivity index (χ0) is 36.1. The van der Waals surface area contributed by atoms with Crippen molar-refractivity contribution in [1.29, 1.82) is 0 Å². The Morgan fingerprint density at radius 1 is 0.940 bits per heavy atom. The molecule has 3 aliphatic rings. The Hall–Kier alpha value is -4.32. The largest absolute Gasteiger partial charge is 0.573 e. The number of fused-ring (bicyclic) bond motifs is 4. The molecule has 2 bridgehead atoms. The summed E-state index contributed by atoms with van der Waals surface area (Å²) in [5.41, 5.74) is 0.423. The fraction of sp³-hybridized carbons (Fsp3) is 0.395. The summed E-state index contributed by atoms with van der Waals surface area (Å²) < 4.78 is 63.2. The molecular formula is C38H38BrF3N2O6. The van der Waals surface area contributed by atoms with Gasteiger partial charge in [0.15, 0.2) is 11.5 Å². The maximum absolute atomic E-state index is 14.7. The number of aromatic nitrogens is 1. The number of nitrogens with zero attached hydrogens (tertiary/aromatic N) is 1. The van der Waals surface area contributed by atoms with Crippen LogP contribution in [0.1, 0.15) is 68.8 Å². The highest BCUT2D eigenvalue weighted by Gasteiger charge is 2.60. The van der Waals surface area contributed by atoms with Crippen LogP contribution in [0.5, 0.6) is 17.2 Å². The number of carbonyl (C=O) groups is 2. The molecule has 264 valence electrons. The molecule has 0 radical (unpaired) electrons. The number of ether oxygens (including phenoxy) is 4. The summed E-state index contributed by atoms with van der Waals surface area (Å²) in [7, 11) is 1.38. The first-order chi connectivity index (χ1) is 23.5. The van der Waals surface area contributed by atoms with Crippen molar-refractivity contribution >= 4 is 38.7 Å². The number of pyridine rings is 1. The van der Waals surface area contributed by atoms with Gasteiger partial charge >= 0.3 is 12.3 Å². The van der Waals surface area contributed by atoms with Crippen molar-refractivity contribution in [3.05, 3.63) is 82.3 Å². The van der Waals surface area contributed by atoms with E-state index in [1.807, 2.05) is 55.5 Å². The van der Waals surface area contributed by atoms with Crippen molar-refractivity contribution in [2.24, 2.45) is 5.41 Å². The third-order valence-corrected chi connectivity index (χ3v) is 10.1. The Balaban J connectivity index is 1.44. The van der Waals surface area contributed by atoms with E-state index in [0.717, 1.165) is 16.1 Å². The molecule has 50 heavy (non-hydrogen) atoms. The maximum Gasteiger partial charge on any atom is 0.573 e. The lowest BCUT2D eigenvalue weighted by molar-refractivity contribution is -0.275.